The first-order chi connectivity index (χ1) is 14.8. The summed E-state index contributed by atoms with van der Waals surface area (Å²) >= 11 is 5.94. The SMILES string of the molecule is COc1cc(C=NNC(=O)C(NC(=O)c2cccc(Cl)c2)C(C)C)cc(OC)c1OC. The Morgan fingerprint density at radius 2 is 1.68 bits per heavy atom. The minimum Gasteiger partial charge on any atom is -0.493 e. The number of carbonyl (C=O) groups excluding carboxylic acids is 2. The van der Waals surface area contributed by atoms with Crippen LogP contribution in [0.1, 0.15) is 29.8 Å². The van der Waals surface area contributed by atoms with Crippen LogP contribution in [-0.4, -0.2) is 45.4 Å². The zero-order chi connectivity index (χ0) is 23.0. The fourth-order valence-corrected chi connectivity index (χ4v) is 3.00. The van der Waals surface area contributed by atoms with Gasteiger partial charge in [0.25, 0.3) is 11.8 Å². The quantitative estimate of drug-likeness (QED) is 0.454. The van der Waals surface area contributed by atoms with E-state index in [-0.39, 0.29) is 5.92 Å². The summed E-state index contributed by atoms with van der Waals surface area (Å²) in [5, 5.41) is 7.15. The van der Waals surface area contributed by atoms with Crippen LogP contribution in [0.3, 0.4) is 0 Å². The highest BCUT2D eigenvalue weighted by Crippen LogP contribution is 2.37. The number of methoxy groups -OCH3 is 3. The third-order valence-corrected chi connectivity index (χ3v) is 4.63. The van der Waals surface area contributed by atoms with Crippen LogP contribution in [0, 0.1) is 5.92 Å². The molecule has 2 N–H and O–H groups in total. The van der Waals surface area contributed by atoms with Crippen molar-refractivity contribution in [2.45, 2.75) is 19.9 Å². The summed E-state index contributed by atoms with van der Waals surface area (Å²) in [7, 11) is 4.53. The number of hydrazone groups is 1. The predicted molar refractivity (Wildman–Crippen MR) is 119 cm³/mol. The monoisotopic (exact) mass is 447 g/mol. The van der Waals surface area contributed by atoms with Gasteiger partial charge in [0.2, 0.25) is 5.75 Å². The van der Waals surface area contributed by atoms with Crippen molar-refractivity contribution < 1.29 is 23.8 Å². The van der Waals surface area contributed by atoms with Crippen LogP contribution >= 0.6 is 11.6 Å². The van der Waals surface area contributed by atoms with E-state index in [0.717, 1.165) is 0 Å². The second kappa shape index (κ2) is 11.2. The Bertz CT molecular complexity index is 937. The average Bonchev–Trinajstić information content (AvgIpc) is 2.76. The highest BCUT2D eigenvalue weighted by Gasteiger charge is 2.24. The molecule has 2 aromatic carbocycles. The molecule has 0 saturated heterocycles. The lowest BCUT2D eigenvalue weighted by Crippen LogP contribution is -2.48. The lowest BCUT2D eigenvalue weighted by atomic mass is 10.0. The highest BCUT2D eigenvalue weighted by molar-refractivity contribution is 6.31. The van der Waals surface area contributed by atoms with E-state index in [9.17, 15) is 9.59 Å². The molecule has 0 heterocycles. The Hall–Kier alpha value is -3.26. The molecule has 0 aliphatic rings. The number of rotatable bonds is 9. The van der Waals surface area contributed by atoms with Gasteiger partial charge < -0.3 is 19.5 Å². The number of halogens is 1. The Morgan fingerprint density at radius 1 is 1.03 bits per heavy atom. The van der Waals surface area contributed by atoms with Crippen LogP contribution in [0.25, 0.3) is 0 Å². The molecule has 0 fully saturated rings. The van der Waals surface area contributed by atoms with E-state index in [4.69, 9.17) is 25.8 Å². The summed E-state index contributed by atoms with van der Waals surface area (Å²) < 4.78 is 15.9. The third-order valence-electron chi connectivity index (χ3n) is 4.40. The van der Waals surface area contributed by atoms with Gasteiger partial charge in [-0.3, -0.25) is 9.59 Å². The lowest BCUT2D eigenvalue weighted by Gasteiger charge is -2.20. The van der Waals surface area contributed by atoms with E-state index in [1.807, 2.05) is 13.8 Å². The molecule has 0 saturated carbocycles. The molecule has 9 heteroatoms. The molecular formula is C22H26ClN3O5. The Kier molecular flexibility index (Phi) is 8.69. The van der Waals surface area contributed by atoms with Crippen LogP contribution in [0.4, 0.5) is 0 Å². The van der Waals surface area contributed by atoms with Crippen molar-refractivity contribution in [3.8, 4) is 17.2 Å². The van der Waals surface area contributed by atoms with Gasteiger partial charge in [-0.05, 0) is 36.2 Å². The van der Waals surface area contributed by atoms with Crippen molar-refractivity contribution in [1.29, 1.82) is 0 Å². The molecule has 0 bridgehead atoms. The van der Waals surface area contributed by atoms with Crippen molar-refractivity contribution in [1.82, 2.24) is 10.7 Å². The number of ether oxygens (including phenoxy) is 3. The molecule has 8 nitrogen and oxygen atoms in total. The maximum Gasteiger partial charge on any atom is 0.262 e. The van der Waals surface area contributed by atoms with Crippen molar-refractivity contribution in [2.24, 2.45) is 11.0 Å². The lowest BCUT2D eigenvalue weighted by molar-refractivity contribution is -0.123. The molecule has 0 radical (unpaired) electrons. The molecule has 2 amide bonds. The topological polar surface area (TPSA) is 98.2 Å². The minimum absolute atomic E-state index is 0.167. The molecule has 0 aliphatic carbocycles. The molecule has 2 aromatic rings. The van der Waals surface area contributed by atoms with E-state index in [1.165, 1.54) is 33.6 Å². The Labute approximate surface area is 186 Å². The molecular weight excluding hydrogens is 422 g/mol. The third kappa shape index (κ3) is 6.36. The second-order valence-electron chi connectivity index (χ2n) is 6.90. The first-order valence-corrected chi connectivity index (χ1v) is 9.87. The molecule has 1 atom stereocenters. The molecule has 0 aliphatic heterocycles. The maximum atomic E-state index is 12.6. The zero-order valence-corrected chi connectivity index (χ0v) is 18.8. The highest BCUT2D eigenvalue weighted by atomic mass is 35.5. The maximum absolute atomic E-state index is 12.6. The van der Waals surface area contributed by atoms with E-state index in [1.54, 1.807) is 30.3 Å². The minimum atomic E-state index is -0.788. The van der Waals surface area contributed by atoms with Crippen molar-refractivity contribution in [3.05, 3.63) is 52.5 Å². The standard InChI is InChI=1S/C22H26ClN3O5/c1-13(2)19(25-21(27)15-7-6-8-16(23)11-15)22(28)26-24-12-14-9-17(29-3)20(31-5)18(10-14)30-4/h6-13,19H,1-5H3,(H,25,27)(H,26,28). The molecule has 166 valence electrons. The number of carbonyl (C=O) groups is 2. The van der Waals surface area contributed by atoms with Crippen LogP contribution in [0.2, 0.25) is 5.02 Å². The van der Waals surface area contributed by atoms with Gasteiger partial charge in [0, 0.05) is 16.1 Å². The largest absolute Gasteiger partial charge is 0.493 e. The number of nitrogens with one attached hydrogen (secondary N) is 2. The zero-order valence-electron chi connectivity index (χ0n) is 18.1. The average molecular weight is 448 g/mol. The van der Waals surface area contributed by atoms with Gasteiger partial charge in [-0.15, -0.1) is 0 Å². The van der Waals surface area contributed by atoms with Gasteiger partial charge in [-0.2, -0.15) is 5.10 Å². The first kappa shape index (κ1) is 24.0. The fraction of sp³-hybridized carbons (Fsp3) is 0.318. The second-order valence-corrected chi connectivity index (χ2v) is 7.33. The van der Waals surface area contributed by atoms with E-state index in [0.29, 0.717) is 33.4 Å². The number of benzene rings is 2. The molecule has 2 rings (SSSR count). The van der Waals surface area contributed by atoms with Gasteiger partial charge in [-0.25, -0.2) is 5.43 Å². The Balaban J connectivity index is 2.11. The predicted octanol–water partition coefficient (Wildman–Crippen LogP) is 3.27. The van der Waals surface area contributed by atoms with Crippen LogP contribution in [0.15, 0.2) is 41.5 Å². The normalized spacial score (nSPS) is 11.8. The summed E-state index contributed by atoms with van der Waals surface area (Å²) in [6.07, 6.45) is 1.44. The summed E-state index contributed by atoms with van der Waals surface area (Å²) in [6.45, 7) is 3.65. The van der Waals surface area contributed by atoms with E-state index >= 15 is 0 Å². The van der Waals surface area contributed by atoms with Crippen LogP contribution in [0.5, 0.6) is 17.2 Å². The van der Waals surface area contributed by atoms with Crippen molar-refractivity contribution in [3.63, 3.8) is 0 Å². The number of hydrogen-bond acceptors (Lipinski definition) is 6. The number of nitrogens with zero attached hydrogens (tertiary/aromatic N) is 1. The van der Waals surface area contributed by atoms with Gasteiger partial charge in [0.05, 0.1) is 27.5 Å². The summed E-state index contributed by atoms with van der Waals surface area (Å²) in [5.74, 6) is 0.361. The summed E-state index contributed by atoms with van der Waals surface area (Å²) in [6, 6.07) is 9.10. The van der Waals surface area contributed by atoms with Gasteiger partial charge >= 0.3 is 0 Å². The molecule has 0 aromatic heterocycles. The molecule has 1 unspecified atom stereocenters. The number of amides is 2. The summed E-state index contributed by atoms with van der Waals surface area (Å²) in [4.78, 5) is 25.1. The summed E-state index contributed by atoms with van der Waals surface area (Å²) in [5.41, 5.74) is 3.45. The van der Waals surface area contributed by atoms with Crippen molar-refractivity contribution in [2.75, 3.05) is 21.3 Å². The van der Waals surface area contributed by atoms with Crippen LogP contribution < -0.4 is 25.0 Å². The van der Waals surface area contributed by atoms with E-state index < -0.39 is 17.9 Å². The molecule has 31 heavy (non-hydrogen) atoms. The van der Waals surface area contributed by atoms with Gasteiger partial charge in [-0.1, -0.05) is 31.5 Å². The van der Waals surface area contributed by atoms with Gasteiger partial charge in [0.15, 0.2) is 11.5 Å². The Morgan fingerprint density at radius 3 is 2.19 bits per heavy atom. The van der Waals surface area contributed by atoms with E-state index in [2.05, 4.69) is 15.8 Å². The van der Waals surface area contributed by atoms with Crippen LogP contribution in [-0.2, 0) is 4.79 Å². The number of hydrogen-bond donors (Lipinski definition) is 2. The first-order valence-electron chi connectivity index (χ1n) is 9.50. The van der Waals surface area contributed by atoms with Gasteiger partial charge in [0.1, 0.15) is 6.04 Å². The fourth-order valence-electron chi connectivity index (χ4n) is 2.81. The smallest absolute Gasteiger partial charge is 0.262 e. The van der Waals surface area contributed by atoms with Crippen molar-refractivity contribution >= 4 is 29.6 Å². The molecule has 0 spiro atoms.